The van der Waals surface area contributed by atoms with E-state index in [2.05, 4.69) is 20.1 Å². The van der Waals surface area contributed by atoms with Crippen LogP contribution < -0.4 is 4.74 Å². The number of hydrogen-bond donors (Lipinski definition) is 2. The Kier molecular flexibility index (Phi) is 6.89. The minimum absolute atomic E-state index is 0.0887. The number of rotatable bonds is 5. The van der Waals surface area contributed by atoms with E-state index in [1.54, 1.807) is 18.7 Å². The molecule has 0 aliphatic carbocycles. The molecule has 0 saturated heterocycles. The Hall–Kier alpha value is -3.73. The van der Waals surface area contributed by atoms with E-state index in [1.165, 1.54) is 42.5 Å². The van der Waals surface area contributed by atoms with E-state index in [0.29, 0.717) is 0 Å². The second-order valence-electron chi connectivity index (χ2n) is 6.89. The number of imidazole rings is 1. The van der Waals surface area contributed by atoms with E-state index < -0.39 is 23.2 Å². The molecule has 2 heterocycles. The van der Waals surface area contributed by atoms with Crippen LogP contribution in [-0.4, -0.2) is 29.8 Å². The molecule has 0 radical (unpaired) electrons. The second kappa shape index (κ2) is 9.60. The first-order chi connectivity index (χ1) is 15.1. The van der Waals surface area contributed by atoms with Gasteiger partial charge in [-0.25, -0.2) is 19.0 Å². The van der Waals surface area contributed by atoms with E-state index in [1.807, 2.05) is 0 Å². The summed E-state index contributed by atoms with van der Waals surface area (Å²) in [6, 6.07) is 8.14. The third-order valence-electron chi connectivity index (χ3n) is 4.27. The first kappa shape index (κ1) is 22.9. The molecule has 1 atom stereocenters. The molecule has 0 amide bonds. The number of nitrogens with zero attached hydrogens (tertiary/aromatic N) is 4. The lowest BCUT2D eigenvalue weighted by Crippen LogP contribution is -2.31. The number of nitrogens with one attached hydrogen (secondary N) is 1. The summed E-state index contributed by atoms with van der Waals surface area (Å²) in [4.78, 5) is 10.1. The molecule has 0 spiro atoms. The third-order valence-corrected chi connectivity index (χ3v) is 4.27. The third kappa shape index (κ3) is 6.14. The van der Waals surface area contributed by atoms with Crippen LogP contribution in [0, 0.1) is 5.82 Å². The number of hydrogen-bond acceptors (Lipinski definition) is 5. The summed E-state index contributed by atoms with van der Waals surface area (Å²) in [5.74, 6) is -0.390. The summed E-state index contributed by atoms with van der Waals surface area (Å²) in [5.41, 5.74) is -3.21. The van der Waals surface area contributed by atoms with E-state index in [4.69, 9.17) is 4.74 Å². The molecule has 4 aromatic rings. The van der Waals surface area contributed by atoms with Crippen LogP contribution >= 0.6 is 0 Å². The van der Waals surface area contributed by atoms with Gasteiger partial charge in [0.2, 0.25) is 0 Å². The van der Waals surface area contributed by atoms with Gasteiger partial charge >= 0.3 is 6.18 Å². The molecule has 2 aromatic heterocycles. The Balaban J connectivity index is 0.000000509. The standard InChI is InChI=1S/C18H15F4N3O2.C3H4N2/c1-17(26,9-25-11-23-10-24-25)15-7-6-14(8-16(15)18(20,21)22)27-13-4-2-12(19)3-5-13;1-2-5-3-4-1/h2-8,10-11,26H,9H2,1H3;1-3H,(H,4,5). The predicted octanol–water partition coefficient (Wildman–Crippen LogP) is 4.55. The zero-order valence-electron chi connectivity index (χ0n) is 16.8. The van der Waals surface area contributed by atoms with Crippen LogP contribution in [0.2, 0.25) is 0 Å². The molecule has 2 aromatic carbocycles. The lowest BCUT2D eigenvalue weighted by atomic mass is 9.90. The van der Waals surface area contributed by atoms with Gasteiger partial charge in [0.25, 0.3) is 0 Å². The monoisotopic (exact) mass is 449 g/mol. The van der Waals surface area contributed by atoms with E-state index >= 15 is 0 Å². The molecule has 7 nitrogen and oxygen atoms in total. The molecule has 1 unspecified atom stereocenters. The smallest absolute Gasteiger partial charge is 0.416 e. The van der Waals surface area contributed by atoms with Gasteiger partial charge in [-0.15, -0.1) is 0 Å². The zero-order valence-corrected chi connectivity index (χ0v) is 16.8. The van der Waals surface area contributed by atoms with Crippen LogP contribution in [0.1, 0.15) is 18.1 Å². The highest BCUT2D eigenvalue weighted by atomic mass is 19.4. The van der Waals surface area contributed by atoms with E-state index in [9.17, 15) is 22.7 Å². The number of aliphatic hydroxyl groups is 1. The average molecular weight is 449 g/mol. The minimum Gasteiger partial charge on any atom is -0.457 e. The van der Waals surface area contributed by atoms with Crippen molar-refractivity contribution in [2.45, 2.75) is 25.2 Å². The number of ether oxygens (including phenoxy) is 1. The predicted molar refractivity (Wildman–Crippen MR) is 106 cm³/mol. The molecule has 32 heavy (non-hydrogen) atoms. The van der Waals surface area contributed by atoms with Crippen LogP contribution in [0.25, 0.3) is 0 Å². The van der Waals surface area contributed by atoms with Crippen LogP contribution in [0.4, 0.5) is 17.6 Å². The largest absolute Gasteiger partial charge is 0.457 e. The van der Waals surface area contributed by atoms with Gasteiger partial charge in [-0.1, -0.05) is 6.07 Å². The number of alkyl halides is 3. The number of H-pyrrole nitrogens is 1. The lowest BCUT2D eigenvalue weighted by Gasteiger charge is -2.27. The van der Waals surface area contributed by atoms with Crippen LogP contribution in [-0.2, 0) is 18.3 Å². The van der Waals surface area contributed by atoms with Gasteiger partial charge in [0.15, 0.2) is 0 Å². The fourth-order valence-electron chi connectivity index (χ4n) is 2.86. The van der Waals surface area contributed by atoms with Gasteiger partial charge in [0, 0.05) is 12.4 Å². The Labute approximate surface area is 180 Å². The second-order valence-corrected chi connectivity index (χ2v) is 6.89. The highest BCUT2D eigenvalue weighted by molar-refractivity contribution is 5.42. The number of benzene rings is 2. The van der Waals surface area contributed by atoms with Crippen molar-refractivity contribution >= 4 is 0 Å². The van der Waals surface area contributed by atoms with Gasteiger partial charge in [0.1, 0.15) is 35.6 Å². The Morgan fingerprint density at radius 2 is 1.75 bits per heavy atom. The quantitative estimate of drug-likeness (QED) is 0.437. The highest BCUT2D eigenvalue weighted by Crippen LogP contribution is 2.40. The minimum atomic E-state index is -4.72. The van der Waals surface area contributed by atoms with E-state index in [0.717, 1.165) is 24.3 Å². The normalized spacial score (nSPS) is 13.1. The van der Waals surface area contributed by atoms with Gasteiger partial charge < -0.3 is 14.8 Å². The first-order valence-electron chi connectivity index (χ1n) is 9.28. The van der Waals surface area contributed by atoms with Gasteiger partial charge in [0.05, 0.1) is 18.4 Å². The fraction of sp³-hybridized carbons (Fsp3) is 0.190. The van der Waals surface area contributed by atoms with Crippen molar-refractivity contribution in [3.8, 4) is 11.5 Å². The van der Waals surface area contributed by atoms with Crippen molar-refractivity contribution in [3.05, 3.63) is 90.8 Å². The molecular weight excluding hydrogens is 430 g/mol. The maximum atomic E-state index is 13.6. The van der Waals surface area contributed by atoms with Gasteiger partial charge in [-0.2, -0.15) is 18.3 Å². The molecule has 11 heteroatoms. The summed E-state index contributed by atoms with van der Waals surface area (Å²) in [6.07, 6.45) is 2.89. The van der Waals surface area contributed by atoms with Crippen molar-refractivity contribution in [1.82, 2.24) is 24.7 Å². The molecule has 0 saturated carbocycles. The van der Waals surface area contributed by atoms with E-state index in [-0.39, 0.29) is 23.6 Å². The first-order valence-corrected chi connectivity index (χ1v) is 9.28. The van der Waals surface area contributed by atoms with Crippen LogP contribution in [0.15, 0.2) is 73.8 Å². The maximum absolute atomic E-state index is 13.6. The van der Waals surface area contributed by atoms with Gasteiger partial charge in [-0.3, -0.25) is 0 Å². The summed E-state index contributed by atoms with van der Waals surface area (Å²) in [7, 11) is 0. The highest BCUT2D eigenvalue weighted by Gasteiger charge is 2.39. The molecule has 4 rings (SSSR count). The summed E-state index contributed by atoms with van der Waals surface area (Å²) in [6.45, 7) is 1.05. The van der Waals surface area contributed by atoms with Crippen LogP contribution in [0.3, 0.4) is 0 Å². The van der Waals surface area contributed by atoms with Crippen LogP contribution in [0.5, 0.6) is 11.5 Å². The van der Waals surface area contributed by atoms with Crippen molar-refractivity contribution in [2.24, 2.45) is 0 Å². The zero-order chi connectivity index (χ0) is 23.2. The number of aromatic nitrogens is 5. The van der Waals surface area contributed by atoms with Crippen molar-refractivity contribution < 1.29 is 27.4 Å². The Morgan fingerprint density at radius 1 is 1.03 bits per heavy atom. The molecule has 0 bridgehead atoms. The Morgan fingerprint density at radius 3 is 2.28 bits per heavy atom. The maximum Gasteiger partial charge on any atom is 0.416 e. The lowest BCUT2D eigenvalue weighted by molar-refractivity contribution is -0.140. The molecular formula is C21H19F4N5O2. The fourth-order valence-corrected chi connectivity index (χ4v) is 2.86. The molecule has 0 aliphatic heterocycles. The Bertz CT molecular complexity index is 1080. The summed E-state index contributed by atoms with van der Waals surface area (Å²) >= 11 is 0. The molecule has 168 valence electrons. The SMILES string of the molecule is CC(O)(Cn1cncn1)c1ccc(Oc2ccc(F)cc2)cc1C(F)(F)F.c1c[nH]cn1. The molecule has 0 fully saturated rings. The summed E-state index contributed by atoms with van der Waals surface area (Å²) < 4.78 is 60.3. The van der Waals surface area contributed by atoms with Crippen molar-refractivity contribution in [3.63, 3.8) is 0 Å². The molecule has 2 N–H and O–H groups in total. The van der Waals surface area contributed by atoms with Crippen molar-refractivity contribution in [1.29, 1.82) is 0 Å². The average Bonchev–Trinajstić information content (AvgIpc) is 3.45. The van der Waals surface area contributed by atoms with Crippen molar-refractivity contribution in [2.75, 3.05) is 0 Å². The topological polar surface area (TPSA) is 88.9 Å². The van der Waals surface area contributed by atoms with Gasteiger partial charge in [-0.05, 0) is 48.9 Å². The molecule has 0 aliphatic rings. The number of halogens is 4. The number of aromatic amines is 1. The summed E-state index contributed by atoms with van der Waals surface area (Å²) in [5, 5.41) is 14.5.